The summed E-state index contributed by atoms with van der Waals surface area (Å²) in [6, 6.07) is 2.43. The Morgan fingerprint density at radius 2 is 2.06 bits per heavy atom. The molecule has 1 fully saturated rings. The highest BCUT2D eigenvalue weighted by atomic mass is 15.2. The van der Waals surface area contributed by atoms with Crippen LogP contribution >= 0.6 is 0 Å². The van der Waals surface area contributed by atoms with Crippen molar-refractivity contribution in [3.8, 4) is 0 Å². The van der Waals surface area contributed by atoms with Crippen molar-refractivity contribution in [1.29, 1.82) is 0 Å². The van der Waals surface area contributed by atoms with E-state index in [1.807, 2.05) is 13.0 Å². The third-order valence-corrected chi connectivity index (χ3v) is 3.18. The molecule has 17 heavy (non-hydrogen) atoms. The Morgan fingerprint density at radius 1 is 1.29 bits per heavy atom. The minimum absolute atomic E-state index is 0.433. The minimum Gasteiger partial charge on any atom is -0.366 e. The molecule has 1 aromatic heterocycles. The first-order valence-electron chi connectivity index (χ1n) is 6.51. The van der Waals surface area contributed by atoms with E-state index < -0.39 is 0 Å². The number of piperidine rings is 1. The standard InChI is InChI=1S/C13H22N4/c1-11-8-13(15-10-14-11)16-12(2)9-17-6-4-3-5-7-17/h8,10,12H,3-7,9H2,1-2H3,(H,14,15,16). The number of nitrogens with one attached hydrogen (secondary N) is 1. The predicted octanol–water partition coefficient (Wildman–Crippen LogP) is 2.07. The van der Waals surface area contributed by atoms with Gasteiger partial charge in [-0.3, -0.25) is 0 Å². The Morgan fingerprint density at radius 3 is 2.76 bits per heavy atom. The topological polar surface area (TPSA) is 41.0 Å². The average Bonchev–Trinajstić information content (AvgIpc) is 2.30. The number of rotatable bonds is 4. The number of anilines is 1. The molecule has 0 radical (unpaired) electrons. The van der Waals surface area contributed by atoms with E-state index in [4.69, 9.17) is 0 Å². The number of likely N-dealkylation sites (tertiary alicyclic amines) is 1. The minimum atomic E-state index is 0.433. The molecule has 2 rings (SSSR count). The van der Waals surface area contributed by atoms with E-state index >= 15 is 0 Å². The lowest BCUT2D eigenvalue weighted by Crippen LogP contribution is -2.38. The molecule has 0 aromatic carbocycles. The Bertz CT molecular complexity index is 347. The first kappa shape index (κ1) is 12.3. The molecule has 4 heteroatoms. The zero-order valence-corrected chi connectivity index (χ0v) is 10.8. The number of nitrogens with zero attached hydrogens (tertiary/aromatic N) is 3. The SMILES string of the molecule is Cc1cc(NC(C)CN2CCCCC2)ncn1. The van der Waals surface area contributed by atoms with Crippen LogP contribution in [0.5, 0.6) is 0 Å². The Labute approximate surface area is 103 Å². The van der Waals surface area contributed by atoms with Gasteiger partial charge in [-0.1, -0.05) is 6.42 Å². The molecule has 1 aliphatic heterocycles. The summed E-state index contributed by atoms with van der Waals surface area (Å²) < 4.78 is 0. The van der Waals surface area contributed by atoms with Crippen molar-refractivity contribution >= 4 is 5.82 Å². The second-order valence-corrected chi connectivity index (χ2v) is 4.95. The fraction of sp³-hybridized carbons (Fsp3) is 0.692. The highest BCUT2D eigenvalue weighted by Gasteiger charge is 2.13. The second-order valence-electron chi connectivity index (χ2n) is 4.95. The third kappa shape index (κ3) is 3.97. The Balaban J connectivity index is 1.82. The van der Waals surface area contributed by atoms with Crippen molar-refractivity contribution in [3.63, 3.8) is 0 Å². The maximum atomic E-state index is 4.23. The molecule has 0 spiro atoms. The van der Waals surface area contributed by atoms with Gasteiger partial charge in [0.1, 0.15) is 12.1 Å². The first-order valence-corrected chi connectivity index (χ1v) is 6.51. The summed E-state index contributed by atoms with van der Waals surface area (Å²) in [5, 5.41) is 3.44. The third-order valence-electron chi connectivity index (χ3n) is 3.18. The molecule has 0 aliphatic carbocycles. The first-order chi connectivity index (χ1) is 8.24. The lowest BCUT2D eigenvalue weighted by molar-refractivity contribution is 0.223. The number of hydrogen-bond donors (Lipinski definition) is 1. The predicted molar refractivity (Wildman–Crippen MR) is 70.1 cm³/mol. The average molecular weight is 234 g/mol. The fourth-order valence-electron chi connectivity index (χ4n) is 2.36. The summed E-state index contributed by atoms with van der Waals surface area (Å²) in [4.78, 5) is 10.9. The van der Waals surface area contributed by atoms with Crippen molar-refractivity contribution in [2.24, 2.45) is 0 Å². The normalized spacial score (nSPS) is 18.9. The van der Waals surface area contributed by atoms with E-state index in [9.17, 15) is 0 Å². The van der Waals surface area contributed by atoms with E-state index in [1.54, 1.807) is 6.33 Å². The monoisotopic (exact) mass is 234 g/mol. The highest BCUT2D eigenvalue weighted by Crippen LogP contribution is 2.11. The maximum absolute atomic E-state index is 4.23. The number of hydrogen-bond acceptors (Lipinski definition) is 4. The van der Waals surface area contributed by atoms with E-state index in [0.717, 1.165) is 18.1 Å². The van der Waals surface area contributed by atoms with Crippen LogP contribution in [0.15, 0.2) is 12.4 Å². The largest absolute Gasteiger partial charge is 0.366 e. The molecule has 1 aliphatic rings. The molecular weight excluding hydrogens is 212 g/mol. The summed E-state index contributed by atoms with van der Waals surface area (Å²) in [6.07, 6.45) is 5.70. The molecule has 1 N–H and O–H groups in total. The van der Waals surface area contributed by atoms with Crippen LogP contribution in [0.25, 0.3) is 0 Å². The van der Waals surface area contributed by atoms with Gasteiger partial charge in [0.15, 0.2) is 0 Å². The quantitative estimate of drug-likeness (QED) is 0.866. The lowest BCUT2D eigenvalue weighted by Gasteiger charge is -2.29. The summed E-state index contributed by atoms with van der Waals surface area (Å²) in [7, 11) is 0. The summed E-state index contributed by atoms with van der Waals surface area (Å²) >= 11 is 0. The van der Waals surface area contributed by atoms with Crippen molar-refractivity contribution in [2.75, 3.05) is 25.0 Å². The highest BCUT2D eigenvalue weighted by molar-refractivity contribution is 5.35. The van der Waals surface area contributed by atoms with Gasteiger partial charge in [-0.05, 0) is 39.8 Å². The fourth-order valence-corrected chi connectivity index (χ4v) is 2.36. The van der Waals surface area contributed by atoms with Gasteiger partial charge in [0, 0.05) is 24.3 Å². The molecule has 1 atom stereocenters. The van der Waals surface area contributed by atoms with Gasteiger partial charge < -0.3 is 10.2 Å². The van der Waals surface area contributed by atoms with Crippen molar-refractivity contribution < 1.29 is 0 Å². The van der Waals surface area contributed by atoms with Crippen LogP contribution in [-0.4, -0.2) is 40.5 Å². The van der Waals surface area contributed by atoms with Crippen LogP contribution in [-0.2, 0) is 0 Å². The smallest absolute Gasteiger partial charge is 0.129 e. The molecule has 94 valence electrons. The van der Waals surface area contributed by atoms with Gasteiger partial charge in [-0.25, -0.2) is 9.97 Å². The van der Waals surface area contributed by atoms with Gasteiger partial charge in [-0.2, -0.15) is 0 Å². The van der Waals surface area contributed by atoms with Gasteiger partial charge in [0.25, 0.3) is 0 Å². The molecule has 1 unspecified atom stereocenters. The molecule has 0 saturated carbocycles. The van der Waals surface area contributed by atoms with Crippen molar-refractivity contribution in [2.45, 2.75) is 39.2 Å². The number of aryl methyl sites for hydroxylation is 1. The van der Waals surface area contributed by atoms with Gasteiger partial charge in [0.2, 0.25) is 0 Å². The van der Waals surface area contributed by atoms with Crippen LogP contribution < -0.4 is 5.32 Å². The van der Waals surface area contributed by atoms with Gasteiger partial charge in [-0.15, -0.1) is 0 Å². The zero-order chi connectivity index (χ0) is 12.1. The molecule has 4 nitrogen and oxygen atoms in total. The van der Waals surface area contributed by atoms with Crippen LogP contribution in [0.2, 0.25) is 0 Å². The Hall–Kier alpha value is -1.16. The van der Waals surface area contributed by atoms with E-state index in [2.05, 4.69) is 27.1 Å². The van der Waals surface area contributed by atoms with Crippen LogP contribution in [0, 0.1) is 6.92 Å². The van der Waals surface area contributed by atoms with Gasteiger partial charge >= 0.3 is 0 Å². The molecule has 0 amide bonds. The van der Waals surface area contributed by atoms with Gasteiger partial charge in [0.05, 0.1) is 0 Å². The van der Waals surface area contributed by atoms with Crippen LogP contribution in [0.1, 0.15) is 31.9 Å². The molecule has 2 heterocycles. The maximum Gasteiger partial charge on any atom is 0.129 e. The Kier molecular flexibility index (Phi) is 4.31. The van der Waals surface area contributed by atoms with E-state index in [1.165, 1.54) is 32.4 Å². The van der Waals surface area contributed by atoms with Crippen molar-refractivity contribution in [1.82, 2.24) is 14.9 Å². The van der Waals surface area contributed by atoms with E-state index in [0.29, 0.717) is 6.04 Å². The molecule has 1 saturated heterocycles. The summed E-state index contributed by atoms with van der Waals surface area (Å²) in [5.74, 6) is 0.932. The van der Waals surface area contributed by atoms with E-state index in [-0.39, 0.29) is 0 Å². The summed E-state index contributed by atoms with van der Waals surface area (Å²) in [5.41, 5.74) is 1.01. The van der Waals surface area contributed by atoms with Crippen molar-refractivity contribution in [3.05, 3.63) is 18.1 Å². The summed E-state index contributed by atoms with van der Waals surface area (Å²) in [6.45, 7) is 7.79. The number of aromatic nitrogens is 2. The van der Waals surface area contributed by atoms with Crippen LogP contribution in [0.3, 0.4) is 0 Å². The molecule has 0 bridgehead atoms. The molecular formula is C13H22N4. The second kappa shape index (κ2) is 5.96. The lowest BCUT2D eigenvalue weighted by atomic mass is 10.1. The van der Waals surface area contributed by atoms with Crippen LogP contribution in [0.4, 0.5) is 5.82 Å². The molecule has 1 aromatic rings. The zero-order valence-electron chi connectivity index (χ0n) is 10.8.